The molecule has 1 heterocycles. The number of aromatic nitrogens is 1. The fraction of sp³-hybridized carbons (Fsp3) is 0.0833. The summed E-state index contributed by atoms with van der Waals surface area (Å²) in [5.41, 5.74) is 4.96. The molecular formula is C24H19NO3. The highest BCUT2D eigenvalue weighted by Gasteiger charge is 2.17. The van der Waals surface area contributed by atoms with E-state index < -0.39 is 5.97 Å². The quantitative estimate of drug-likeness (QED) is 0.555. The Morgan fingerprint density at radius 2 is 1.54 bits per heavy atom. The van der Waals surface area contributed by atoms with Crippen LogP contribution in [0.3, 0.4) is 0 Å². The summed E-state index contributed by atoms with van der Waals surface area (Å²) in [6.07, 6.45) is -0.0687. The zero-order valence-electron chi connectivity index (χ0n) is 15.4. The number of fused-ring (bicyclic) bond motifs is 1. The van der Waals surface area contributed by atoms with Crippen molar-refractivity contribution >= 4 is 22.8 Å². The maximum absolute atomic E-state index is 13.2. The minimum Gasteiger partial charge on any atom is -0.481 e. The van der Waals surface area contributed by atoms with Crippen LogP contribution in [0.1, 0.15) is 21.6 Å². The molecule has 28 heavy (non-hydrogen) atoms. The van der Waals surface area contributed by atoms with Gasteiger partial charge in [-0.2, -0.15) is 0 Å². The molecule has 0 amide bonds. The Balaban J connectivity index is 1.73. The van der Waals surface area contributed by atoms with Crippen molar-refractivity contribution in [1.82, 2.24) is 4.57 Å². The van der Waals surface area contributed by atoms with Gasteiger partial charge in [-0.25, -0.2) is 0 Å². The summed E-state index contributed by atoms with van der Waals surface area (Å²) in [6.45, 7) is 1.86. The minimum atomic E-state index is -0.888. The van der Waals surface area contributed by atoms with Gasteiger partial charge < -0.3 is 5.11 Å². The molecule has 0 aliphatic heterocycles. The maximum Gasteiger partial charge on any atom is 0.307 e. The van der Waals surface area contributed by atoms with Gasteiger partial charge in [-0.1, -0.05) is 54.6 Å². The van der Waals surface area contributed by atoms with Crippen LogP contribution in [0.15, 0.2) is 78.9 Å². The van der Waals surface area contributed by atoms with Crippen molar-refractivity contribution in [3.8, 4) is 11.1 Å². The molecule has 0 aliphatic carbocycles. The van der Waals surface area contributed by atoms with Crippen LogP contribution < -0.4 is 0 Å². The van der Waals surface area contributed by atoms with E-state index in [0.717, 1.165) is 27.7 Å². The van der Waals surface area contributed by atoms with Crippen molar-refractivity contribution in [2.24, 2.45) is 0 Å². The Bertz CT molecular complexity index is 1170. The molecule has 0 spiro atoms. The van der Waals surface area contributed by atoms with Gasteiger partial charge in [0.25, 0.3) is 5.91 Å². The molecule has 4 rings (SSSR count). The predicted octanol–water partition coefficient (Wildman–Crippen LogP) is 4.93. The van der Waals surface area contributed by atoms with Gasteiger partial charge in [0.2, 0.25) is 0 Å². The van der Waals surface area contributed by atoms with Crippen molar-refractivity contribution < 1.29 is 14.7 Å². The SMILES string of the molecule is Cc1cc2c(CC(=O)O)cccc2n1C(=O)c1ccc(-c2ccccc2)cc1. The highest BCUT2D eigenvalue weighted by Crippen LogP contribution is 2.26. The largest absolute Gasteiger partial charge is 0.481 e. The van der Waals surface area contributed by atoms with Crippen molar-refractivity contribution in [2.75, 3.05) is 0 Å². The van der Waals surface area contributed by atoms with Gasteiger partial charge in [-0.05, 0) is 47.9 Å². The third kappa shape index (κ3) is 3.21. The number of carbonyl (C=O) groups is 2. The van der Waals surface area contributed by atoms with E-state index in [1.807, 2.05) is 73.7 Å². The number of benzene rings is 3. The van der Waals surface area contributed by atoms with Gasteiger partial charge in [0.15, 0.2) is 0 Å². The standard InChI is InChI=1S/C24H19NO3/c1-16-14-21-20(15-23(26)27)8-5-9-22(21)25(16)24(28)19-12-10-18(11-13-19)17-6-3-2-4-7-17/h2-14H,15H2,1H3,(H,26,27). The Morgan fingerprint density at radius 1 is 0.857 bits per heavy atom. The lowest BCUT2D eigenvalue weighted by molar-refractivity contribution is -0.136. The fourth-order valence-corrected chi connectivity index (χ4v) is 3.58. The average molecular weight is 369 g/mol. The van der Waals surface area contributed by atoms with E-state index in [1.165, 1.54) is 0 Å². The first-order chi connectivity index (χ1) is 13.5. The predicted molar refractivity (Wildman–Crippen MR) is 110 cm³/mol. The first-order valence-corrected chi connectivity index (χ1v) is 9.06. The smallest absolute Gasteiger partial charge is 0.307 e. The van der Waals surface area contributed by atoms with Crippen LogP contribution in [0.4, 0.5) is 0 Å². The molecule has 0 unspecified atom stereocenters. The van der Waals surface area contributed by atoms with Crippen LogP contribution in [-0.4, -0.2) is 21.6 Å². The second-order valence-electron chi connectivity index (χ2n) is 6.79. The van der Waals surface area contributed by atoms with Crippen LogP contribution in [0, 0.1) is 6.92 Å². The molecule has 4 aromatic rings. The van der Waals surface area contributed by atoms with Crippen LogP contribution in [0.2, 0.25) is 0 Å². The molecule has 0 atom stereocenters. The van der Waals surface area contributed by atoms with Crippen molar-refractivity contribution in [1.29, 1.82) is 0 Å². The van der Waals surface area contributed by atoms with Gasteiger partial charge in [0, 0.05) is 16.6 Å². The van der Waals surface area contributed by atoms with Crippen LogP contribution in [0.5, 0.6) is 0 Å². The number of aliphatic carboxylic acids is 1. The Hall–Kier alpha value is -3.66. The summed E-state index contributed by atoms with van der Waals surface area (Å²) in [4.78, 5) is 24.3. The zero-order chi connectivity index (χ0) is 19.7. The van der Waals surface area contributed by atoms with Gasteiger partial charge in [-0.3, -0.25) is 14.2 Å². The summed E-state index contributed by atoms with van der Waals surface area (Å²) < 4.78 is 1.65. The van der Waals surface area contributed by atoms with E-state index in [0.29, 0.717) is 11.1 Å². The monoisotopic (exact) mass is 369 g/mol. The molecule has 0 aliphatic rings. The van der Waals surface area contributed by atoms with Crippen molar-refractivity contribution in [3.63, 3.8) is 0 Å². The van der Waals surface area contributed by atoms with E-state index in [1.54, 1.807) is 16.7 Å². The highest BCUT2D eigenvalue weighted by molar-refractivity contribution is 6.04. The average Bonchev–Trinajstić information content (AvgIpc) is 3.05. The van der Waals surface area contributed by atoms with Crippen LogP contribution in [-0.2, 0) is 11.2 Å². The Labute approximate surface area is 162 Å². The van der Waals surface area contributed by atoms with Crippen molar-refractivity contribution in [2.45, 2.75) is 13.3 Å². The lowest BCUT2D eigenvalue weighted by atomic mass is 10.0. The maximum atomic E-state index is 13.2. The van der Waals surface area contributed by atoms with E-state index in [2.05, 4.69) is 0 Å². The Morgan fingerprint density at radius 3 is 2.21 bits per heavy atom. The number of carbonyl (C=O) groups excluding carboxylic acids is 1. The van der Waals surface area contributed by atoms with Gasteiger partial charge in [-0.15, -0.1) is 0 Å². The van der Waals surface area contributed by atoms with Crippen LogP contribution >= 0.6 is 0 Å². The van der Waals surface area contributed by atoms with E-state index in [9.17, 15) is 9.59 Å². The van der Waals surface area contributed by atoms with E-state index >= 15 is 0 Å². The highest BCUT2D eigenvalue weighted by atomic mass is 16.4. The number of carboxylic acid groups (broad SMARTS) is 1. The molecule has 0 saturated heterocycles. The number of hydrogen-bond donors (Lipinski definition) is 1. The summed E-state index contributed by atoms with van der Waals surface area (Å²) in [5, 5.41) is 9.94. The third-order valence-corrected chi connectivity index (χ3v) is 4.90. The molecule has 4 nitrogen and oxygen atoms in total. The summed E-state index contributed by atoms with van der Waals surface area (Å²) >= 11 is 0. The van der Waals surface area contributed by atoms with Gasteiger partial charge in [0.05, 0.1) is 11.9 Å². The lowest BCUT2D eigenvalue weighted by Gasteiger charge is -2.09. The second-order valence-corrected chi connectivity index (χ2v) is 6.79. The molecular weight excluding hydrogens is 350 g/mol. The molecule has 1 aromatic heterocycles. The molecule has 0 saturated carbocycles. The molecule has 138 valence electrons. The molecule has 0 fully saturated rings. The summed E-state index contributed by atoms with van der Waals surface area (Å²) in [5.74, 6) is -1.01. The number of carboxylic acids is 1. The molecule has 0 bridgehead atoms. The second kappa shape index (κ2) is 7.16. The minimum absolute atomic E-state index is 0.0687. The number of rotatable bonds is 4. The first kappa shape index (κ1) is 17.7. The number of nitrogens with zero attached hydrogens (tertiary/aromatic N) is 1. The Kier molecular flexibility index (Phi) is 4.53. The van der Waals surface area contributed by atoms with E-state index in [-0.39, 0.29) is 12.3 Å². The van der Waals surface area contributed by atoms with Crippen LogP contribution in [0.25, 0.3) is 22.0 Å². The lowest BCUT2D eigenvalue weighted by Crippen LogP contribution is -2.13. The number of aryl methyl sites for hydroxylation is 1. The van der Waals surface area contributed by atoms with Gasteiger partial charge >= 0.3 is 5.97 Å². The van der Waals surface area contributed by atoms with E-state index in [4.69, 9.17) is 5.11 Å². The summed E-state index contributed by atoms with van der Waals surface area (Å²) in [7, 11) is 0. The summed E-state index contributed by atoms with van der Waals surface area (Å²) in [6, 6.07) is 24.9. The normalized spacial score (nSPS) is 10.9. The first-order valence-electron chi connectivity index (χ1n) is 9.06. The zero-order valence-corrected chi connectivity index (χ0v) is 15.4. The van der Waals surface area contributed by atoms with Crippen molar-refractivity contribution in [3.05, 3.63) is 95.7 Å². The third-order valence-electron chi connectivity index (χ3n) is 4.90. The number of hydrogen-bond acceptors (Lipinski definition) is 2. The molecule has 3 aromatic carbocycles. The fourth-order valence-electron chi connectivity index (χ4n) is 3.58. The molecule has 1 N–H and O–H groups in total. The van der Waals surface area contributed by atoms with Gasteiger partial charge in [0.1, 0.15) is 0 Å². The topological polar surface area (TPSA) is 59.3 Å². The molecule has 4 heteroatoms. The molecule has 0 radical (unpaired) electrons.